The number of rotatable bonds is 4. The second-order valence-corrected chi connectivity index (χ2v) is 3.09. The maximum atomic E-state index is 10.4. The van der Waals surface area contributed by atoms with Gasteiger partial charge in [0.15, 0.2) is 0 Å². The van der Waals surface area contributed by atoms with Crippen LogP contribution in [0.5, 0.6) is 0 Å². The summed E-state index contributed by atoms with van der Waals surface area (Å²) in [6.45, 7) is 1.53. The summed E-state index contributed by atoms with van der Waals surface area (Å²) in [4.78, 5) is 26.9. The third-order valence-corrected chi connectivity index (χ3v) is 1.48. The minimum Gasteiger partial charge on any atom is -0.367 e. The Labute approximate surface area is 63.6 Å². The number of nitrogens with two attached hydrogens (primary N) is 1. The SMILES string of the molecule is CCC(OP(=O)(O)O)C(N)=O. The third kappa shape index (κ3) is 4.92. The number of primary amides is 1. The largest absolute Gasteiger partial charge is 0.470 e. The first-order valence-corrected chi connectivity index (χ1v) is 4.43. The fourth-order valence-electron chi connectivity index (χ4n) is 0.493. The van der Waals surface area contributed by atoms with Gasteiger partial charge < -0.3 is 15.5 Å². The van der Waals surface area contributed by atoms with Crippen molar-refractivity contribution in [1.82, 2.24) is 0 Å². The monoisotopic (exact) mass is 183 g/mol. The number of phosphoric ester groups is 1. The van der Waals surface area contributed by atoms with Crippen molar-refractivity contribution in [3.05, 3.63) is 0 Å². The molecule has 0 aliphatic carbocycles. The lowest BCUT2D eigenvalue weighted by Crippen LogP contribution is -2.29. The summed E-state index contributed by atoms with van der Waals surface area (Å²) in [7, 11) is -4.59. The van der Waals surface area contributed by atoms with Crippen LogP contribution in [-0.4, -0.2) is 21.8 Å². The highest BCUT2D eigenvalue weighted by atomic mass is 31.2. The van der Waals surface area contributed by atoms with Crippen LogP contribution < -0.4 is 5.73 Å². The van der Waals surface area contributed by atoms with Crippen LogP contribution >= 0.6 is 7.82 Å². The smallest absolute Gasteiger partial charge is 0.367 e. The minimum absolute atomic E-state index is 0.139. The average molecular weight is 183 g/mol. The van der Waals surface area contributed by atoms with E-state index in [0.717, 1.165) is 0 Å². The van der Waals surface area contributed by atoms with Gasteiger partial charge in [-0.2, -0.15) is 0 Å². The Bertz CT molecular complexity index is 187. The van der Waals surface area contributed by atoms with E-state index in [1.54, 1.807) is 0 Å². The summed E-state index contributed by atoms with van der Waals surface area (Å²) in [6, 6.07) is 0. The summed E-state index contributed by atoms with van der Waals surface area (Å²) >= 11 is 0. The van der Waals surface area contributed by atoms with Crippen LogP contribution in [0.15, 0.2) is 0 Å². The number of carbonyl (C=O) groups excluding carboxylic acids is 1. The van der Waals surface area contributed by atoms with Crippen molar-refractivity contribution in [3.63, 3.8) is 0 Å². The van der Waals surface area contributed by atoms with E-state index in [2.05, 4.69) is 4.52 Å². The standard InChI is InChI=1S/C4H10NO5P/c1-2-3(4(5)6)10-11(7,8)9/h3H,2H2,1H3,(H2,5,6)(H2,7,8,9). The molecule has 66 valence electrons. The highest BCUT2D eigenvalue weighted by Crippen LogP contribution is 2.37. The quantitative estimate of drug-likeness (QED) is 0.502. The topological polar surface area (TPSA) is 110 Å². The molecule has 4 N–H and O–H groups in total. The molecule has 1 unspecified atom stereocenters. The van der Waals surface area contributed by atoms with E-state index in [1.165, 1.54) is 6.92 Å². The fourth-order valence-corrected chi connectivity index (χ4v) is 1.08. The molecule has 0 aromatic carbocycles. The molecule has 0 saturated carbocycles. The molecular weight excluding hydrogens is 173 g/mol. The second kappa shape index (κ2) is 3.82. The molecule has 0 fully saturated rings. The molecule has 7 heteroatoms. The lowest BCUT2D eigenvalue weighted by atomic mass is 10.3. The minimum atomic E-state index is -4.59. The molecule has 0 bridgehead atoms. The summed E-state index contributed by atoms with van der Waals surface area (Å²) < 4.78 is 14.2. The second-order valence-electron chi connectivity index (χ2n) is 1.90. The van der Waals surface area contributed by atoms with Crippen LogP contribution in [0, 0.1) is 0 Å². The Hall–Kier alpha value is -0.420. The van der Waals surface area contributed by atoms with Crippen molar-refractivity contribution < 1.29 is 23.7 Å². The van der Waals surface area contributed by atoms with E-state index in [1.807, 2.05) is 0 Å². The first-order valence-electron chi connectivity index (χ1n) is 2.90. The Kier molecular flexibility index (Phi) is 3.68. The first-order chi connectivity index (χ1) is 4.87. The van der Waals surface area contributed by atoms with Crippen molar-refractivity contribution >= 4 is 13.7 Å². The lowest BCUT2D eigenvalue weighted by molar-refractivity contribution is -0.125. The molecule has 0 aromatic rings. The highest BCUT2D eigenvalue weighted by Gasteiger charge is 2.24. The van der Waals surface area contributed by atoms with Gasteiger partial charge in [-0.1, -0.05) is 6.92 Å². The van der Waals surface area contributed by atoms with Gasteiger partial charge in [0.1, 0.15) is 6.10 Å². The van der Waals surface area contributed by atoms with Gasteiger partial charge in [-0.25, -0.2) is 4.57 Å². The molecule has 1 amide bonds. The summed E-state index contributed by atoms with van der Waals surface area (Å²) in [5.74, 6) is -0.879. The zero-order valence-corrected chi connectivity index (χ0v) is 6.82. The highest BCUT2D eigenvalue weighted by molar-refractivity contribution is 7.46. The Morgan fingerprint density at radius 1 is 1.73 bits per heavy atom. The van der Waals surface area contributed by atoms with Gasteiger partial charge in [-0.15, -0.1) is 0 Å². The van der Waals surface area contributed by atoms with Crippen LogP contribution in [0.1, 0.15) is 13.3 Å². The van der Waals surface area contributed by atoms with Gasteiger partial charge in [0.05, 0.1) is 0 Å². The van der Waals surface area contributed by atoms with Crippen molar-refractivity contribution in [1.29, 1.82) is 0 Å². The molecule has 0 heterocycles. The molecule has 11 heavy (non-hydrogen) atoms. The van der Waals surface area contributed by atoms with Crippen LogP contribution in [0.3, 0.4) is 0 Å². The van der Waals surface area contributed by atoms with Gasteiger partial charge in [0, 0.05) is 0 Å². The summed E-state index contributed by atoms with van der Waals surface area (Å²) in [5.41, 5.74) is 4.75. The van der Waals surface area contributed by atoms with Gasteiger partial charge in [0.2, 0.25) is 5.91 Å². The van der Waals surface area contributed by atoms with Gasteiger partial charge >= 0.3 is 7.82 Å². The van der Waals surface area contributed by atoms with E-state index < -0.39 is 19.8 Å². The van der Waals surface area contributed by atoms with E-state index >= 15 is 0 Å². The fraction of sp³-hybridized carbons (Fsp3) is 0.750. The van der Waals surface area contributed by atoms with E-state index in [4.69, 9.17) is 15.5 Å². The van der Waals surface area contributed by atoms with Crippen LogP contribution in [-0.2, 0) is 13.9 Å². The molecule has 1 atom stereocenters. The number of hydrogen-bond donors (Lipinski definition) is 3. The molecule has 0 radical (unpaired) electrons. The Balaban J connectivity index is 4.10. The van der Waals surface area contributed by atoms with Crippen molar-refractivity contribution in [3.8, 4) is 0 Å². The Morgan fingerprint density at radius 3 is 2.27 bits per heavy atom. The molecule has 0 aromatic heterocycles. The predicted molar refractivity (Wildman–Crippen MR) is 36.4 cm³/mol. The van der Waals surface area contributed by atoms with Gasteiger partial charge in [0.25, 0.3) is 0 Å². The normalized spacial score (nSPS) is 14.5. The van der Waals surface area contributed by atoms with Gasteiger partial charge in [-0.05, 0) is 6.42 Å². The first kappa shape index (κ1) is 10.6. The zero-order chi connectivity index (χ0) is 9.07. The van der Waals surface area contributed by atoms with Crippen LogP contribution in [0.2, 0.25) is 0 Å². The number of phosphoric acid groups is 1. The average Bonchev–Trinajstić information content (AvgIpc) is 1.80. The molecule has 0 spiro atoms. The molecule has 0 rings (SSSR count). The predicted octanol–water partition coefficient (Wildman–Crippen LogP) is -0.640. The van der Waals surface area contributed by atoms with E-state index in [9.17, 15) is 9.36 Å². The lowest BCUT2D eigenvalue weighted by Gasteiger charge is -2.11. The molecule has 6 nitrogen and oxygen atoms in total. The number of hydrogen-bond acceptors (Lipinski definition) is 3. The van der Waals surface area contributed by atoms with E-state index in [0.29, 0.717) is 0 Å². The third-order valence-electron chi connectivity index (χ3n) is 0.953. The number of amides is 1. The maximum absolute atomic E-state index is 10.4. The van der Waals surface area contributed by atoms with E-state index in [-0.39, 0.29) is 6.42 Å². The van der Waals surface area contributed by atoms with Crippen LogP contribution in [0.25, 0.3) is 0 Å². The molecule has 0 saturated heterocycles. The van der Waals surface area contributed by atoms with Crippen molar-refractivity contribution in [2.75, 3.05) is 0 Å². The van der Waals surface area contributed by atoms with Crippen molar-refractivity contribution in [2.45, 2.75) is 19.4 Å². The number of carbonyl (C=O) groups is 1. The maximum Gasteiger partial charge on any atom is 0.470 e. The zero-order valence-electron chi connectivity index (χ0n) is 5.93. The molecule has 0 aliphatic rings. The summed E-state index contributed by atoms with van der Waals surface area (Å²) in [6.07, 6.45) is -1.07. The summed E-state index contributed by atoms with van der Waals surface area (Å²) in [5, 5.41) is 0. The Morgan fingerprint density at radius 2 is 2.18 bits per heavy atom. The molecular formula is C4H10NO5P. The molecule has 0 aliphatic heterocycles. The van der Waals surface area contributed by atoms with Gasteiger partial charge in [-0.3, -0.25) is 9.32 Å². The van der Waals surface area contributed by atoms with Crippen LogP contribution in [0.4, 0.5) is 0 Å². The van der Waals surface area contributed by atoms with Crippen molar-refractivity contribution in [2.24, 2.45) is 5.73 Å².